The third-order valence-electron chi connectivity index (χ3n) is 4.23. The van der Waals surface area contributed by atoms with E-state index in [0.717, 1.165) is 20.5 Å². The molecule has 2 aromatic rings. The molecule has 1 aromatic heterocycles. The molecular formula is C19H19BrF3N5. The van der Waals surface area contributed by atoms with Crippen LogP contribution < -0.4 is 0 Å². The Balaban J connectivity index is 0.000000161. The Bertz CT molecular complexity index is 954. The Hall–Kier alpha value is -2.42. The SMILES string of the molecule is C=NN1C(C2CC2)=CC(Br)=N/C1=C/C.FC(F)(F)Cn1ncc2ccccc21. The van der Waals surface area contributed by atoms with E-state index in [0.29, 0.717) is 11.4 Å². The van der Waals surface area contributed by atoms with Crippen molar-refractivity contribution in [1.29, 1.82) is 0 Å². The fraction of sp³-hybridized carbons (Fsp3) is 0.316. The van der Waals surface area contributed by atoms with Crippen molar-refractivity contribution in [3.8, 4) is 0 Å². The molecule has 28 heavy (non-hydrogen) atoms. The molecule has 148 valence electrons. The second-order valence-corrected chi connectivity index (χ2v) is 7.17. The zero-order valence-electron chi connectivity index (χ0n) is 15.2. The van der Waals surface area contributed by atoms with Crippen LogP contribution in [0, 0.1) is 5.92 Å². The van der Waals surface area contributed by atoms with Gasteiger partial charge in [-0.1, -0.05) is 18.2 Å². The van der Waals surface area contributed by atoms with E-state index in [1.165, 1.54) is 24.7 Å². The van der Waals surface area contributed by atoms with E-state index in [1.807, 2.05) is 24.1 Å². The third kappa shape index (κ3) is 4.89. The highest BCUT2D eigenvalue weighted by molar-refractivity contribution is 9.18. The van der Waals surface area contributed by atoms with Gasteiger partial charge < -0.3 is 0 Å². The summed E-state index contributed by atoms with van der Waals surface area (Å²) in [6, 6.07) is 6.81. The number of hydrogen-bond acceptors (Lipinski definition) is 4. The lowest BCUT2D eigenvalue weighted by atomic mass is 10.2. The topological polar surface area (TPSA) is 45.8 Å². The highest BCUT2D eigenvalue weighted by Crippen LogP contribution is 2.41. The molecule has 1 fully saturated rings. The van der Waals surface area contributed by atoms with Crippen LogP contribution in [0.4, 0.5) is 13.2 Å². The largest absolute Gasteiger partial charge is 0.408 e. The van der Waals surface area contributed by atoms with E-state index >= 15 is 0 Å². The van der Waals surface area contributed by atoms with Gasteiger partial charge in [-0.25, -0.2) is 10.0 Å². The molecule has 1 aliphatic carbocycles. The van der Waals surface area contributed by atoms with E-state index < -0.39 is 12.7 Å². The van der Waals surface area contributed by atoms with Gasteiger partial charge in [0.15, 0.2) is 5.82 Å². The Morgan fingerprint density at radius 3 is 2.64 bits per heavy atom. The first-order chi connectivity index (χ1) is 13.3. The van der Waals surface area contributed by atoms with Crippen LogP contribution in [0.3, 0.4) is 0 Å². The van der Waals surface area contributed by atoms with Crippen LogP contribution in [0.15, 0.2) is 64.2 Å². The molecule has 4 rings (SSSR count). The molecule has 1 aromatic carbocycles. The van der Waals surface area contributed by atoms with Crippen molar-refractivity contribution in [3.05, 3.63) is 54.1 Å². The number of halogens is 4. The molecule has 9 heteroatoms. The number of aliphatic imine (C=N–C) groups is 1. The second-order valence-electron chi connectivity index (χ2n) is 6.35. The maximum Gasteiger partial charge on any atom is 0.408 e. The van der Waals surface area contributed by atoms with Crippen LogP contribution >= 0.6 is 15.9 Å². The van der Waals surface area contributed by atoms with Gasteiger partial charge in [-0.05, 0) is 53.9 Å². The molecule has 0 bridgehead atoms. The lowest BCUT2D eigenvalue weighted by molar-refractivity contribution is -0.141. The van der Waals surface area contributed by atoms with Crippen LogP contribution in [0.1, 0.15) is 19.8 Å². The molecule has 0 saturated heterocycles. The average molecular weight is 454 g/mol. The van der Waals surface area contributed by atoms with Crippen molar-refractivity contribution in [1.82, 2.24) is 14.8 Å². The summed E-state index contributed by atoms with van der Waals surface area (Å²) in [6.07, 6.45) is 3.66. The third-order valence-corrected chi connectivity index (χ3v) is 4.63. The molecule has 1 aliphatic heterocycles. The number of fused-ring (bicyclic) bond motifs is 1. The molecule has 0 atom stereocenters. The lowest BCUT2D eigenvalue weighted by Gasteiger charge is -2.24. The Morgan fingerprint density at radius 2 is 2.04 bits per heavy atom. The molecule has 0 N–H and O–H groups in total. The van der Waals surface area contributed by atoms with Gasteiger partial charge in [-0.2, -0.15) is 23.4 Å². The molecule has 5 nitrogen and oxygen atoms in total. The lowest BCUT2D eigenvalue weighted by Crippen LogP contribution is -2.20. The van der Waals surface area contributed by atoms with E-state index in [-0.39, 0.29) is 0 Å². The normalized spacial score (nSPS) is 18.5. The fourth-order valence-corrected chi connectivity index (χ4v) is 3.25. The van der Waals surface area contributed by atoms with Gasteiger partial charge >= 0.3 is 6.18 Å². The summed E-state index contributed by atoms with van der Waals surface area (Å²) < 4.78 is 38.1. The highest BCUT2D eigenvalue weighted by atomic mass is 79.9. The predicted octanol–water partition coefficient (Wildman–Crippen LogP) is 5.46. The van der Waals surface area contributed by atoms with Gasteiger partial charge in [0.1, 0.15) is 11.2 Å². The zero-order valence-corrected chi connectivity index (χ0v) is 16.8. The Kier molecular flexibility index (Phi) is 6.02. The number of aromatic nitrogens is 2. The van der Waals surface area contributed by atoms with Crippen LogP contribution in [-0.2, 0) is 6.54 Å². The average Bonchev–Trinajstić information content (AvgIpc) is 3.43. The second kappa shape index (κ2) is 8.30. The summed E-state index contributed by atoms with van der Waals surface area (Å²) in [5, 5.41) is 10.2. The molecule has 2 heterocycles. The van der Waals surface area contributed by atoms with Crippen molar-refractivity contribution in [2.75, 3.05) is 0 Å². The number of benzene rings is 1. The van der Waals surface area contributed by atoms with Crippen LogP contribution in [0.2, 0.25) is 0 Å². The first-order valence-corrected chi connectivity index (χ1v) is 9.48. The van der Waals surface area contributed by atoms with Crippen LogP contribution in [-0.4, -0.2) is 32.3 Å². The summed E-state index contributed by atoms with van der Waals surface area (Å²) in [7, 11) is 0. The van der Waals surface area contributed by atoms with Gasteiger partial charge in [0.2, 0.25) is 0 Å². The standard InChI is InChI=1S/C10H12BrN3.C9H7F3N2/c1-3-10-13-9(11)6-8(7-4-5-7)14(10)12-2;10-9(11,12)6-14-8-4-2-1-3-7(8)5-13-14/h3,6-7H,2,4-5H2,1H3;1-5H,6H2/b10-3-;. The fourth-order valence-electron chi connectivity index (χ4n) is 2.84. The number of allylic oxidation sites excluding steroid dienone is 3. The minimum Gasteiger partial charge on any atom is -0.256 e. The molecule has 0 radical (unpaired) electrons. The molecule has 0 unspecified atom stereocenters. The number of hydrazone groups is 1. The van der Waals surface area contributed by atoms with Crippen molar-refractivity contribution in [2.24, 2.45) is 16.0 Å². The summed E-state index contributed by atoms with van der Waals surface area (Å²) in [5.41, 5.74) is 1.71. The van der Waals surface area contributed by atoms with Crippen molar-refractivity contribution < 1.29 is 13.2 Å². The van der Waals surface area contributed by atoms with Gasteiger partial charge in [0, 0.05) is 18.0 Å². The summed E-state index contributed by atoms with van der Waals surface area (Å²) in [5.74, 6) is 1.48. The van der Waals surface area contributed by atoms with E-state index in [4.69, 9.17) is 0 Å². The first kappa shape index (κ1) is 20.3. The number of alkyl halides is 3. The molecule has 0 amide bonds. The maximum absolute atomic E-state index is 12.1. The Labute approximate surface area is 169 Å². The maximum atomic E-state index is 12.1. The minimum absolute atomic E-state index is 0.504. The van der Waals surface area contributed by atoms with E-state index in [9.17, 15) is 13.2 Å². The molecular weight excluding hydrogens is 435 g/mol. The first-order valence-electron chi connectivity index (χ1n) is 8.68. The highest BCUT2D eigenvalue weighted by Gasteiger charge is 2.33. The van der Waals surface area contributed by atoms with Crippen molar-refractivity contribution in [2.45, 2.75) is 32.5 Å². The van der Waals surface area contributed by atoms with Crippen LogP contribution in [0.25, 0.3) is 10.9 Å². The van der Waals surface area contributed by atoms with Gasteiger partial charge in [0.05, 0.1) is 17.4 Å². The monoisotopic (exact) mass is 453 g/mol. The number of para-hydroxylation sites is 1. The number of nitrogens with zero attached hydrogens (tertiary/aromatic N) is 5. The van der Waals surface area contributed by atoms with Gasteiger partial charge in [-0.15, -0.1) is 0 Å². The molecule has 1 saturated carbocycles. The summed E-state index contributed by atoms with van der Waals surface area (Å²) >= 11 is 3.41. The van der Waals surface area contributed by atoms with Gasteiger partial charge in [0.25, 0.3) is 0 Å². The summed E-state index contributed by atoms with van der Waals surface area (Å²) in [6.45, 7) is 4.49. The van der Waals surface area contributed by atoms with Crippen LogP contribution in [0.5, 0.6) is 0 Å². The van der Waals surface area contributed by atoms with Crippen molar-refractivity contribution >= 4 is 38.2 Å². The zero-order chi connectivity index (χ0) is 20.3. The Morgan fingerprint density at radius 1 is 1.32 bits per heavy atom. The van der Waals surface area contributed by atoms with Gasteiger partial charge in [-0.3, -0.25) is 4.68 Å². The summed E-state index contributed by atoms with van der Waals surface area (Å²) in [4.78, 5) is 4.32. The van der Waals surface area contributed by atoms with E-state index in [2.05, 4.69) is 37.8 Å². The van der Waals surface area contributed by atoms with Crippen molar-refractivity contribution in [3.63, 3.8) is 0 Å². The predicted molar refractivity (Wildman–Crippen MR) is 108 cm³/mol. The molecule has 2 aliphatic rings. The quantitative estimate of drug-likeness (QED) is 0.578. The number of rotatable bonds is 3. The number of hydrogen-bond donors (Lipinski definition) is 0. The van der Waals surface area contributed by atoms with E-state index in [1.54, 1.807) is 24.3 Å². The minimum atomic E-state index is -4.23. The smallest absolute Gasteiger partial charge is 0.256 e. The molecule has 0 spiro atoms.